The van der Waals surface area contributed by atoms with Gasteiger partial charge >= 0.3 is 47.5 Å². The van der Waals surface area contributed by atoms with Gasteiger partial charge in [-0.1, -0.05) is 56.3 Å². The number of aliphatic carboxylic acids is 3. The minimum Gasteiger partial charge on any atom is -0.870 e. The Morgan fingerprint density at radius 2 is 0.802 bits per heavy atom. The second-order valence-electron chi connectivity index (χ2n) is 22.1. The molecule has 4 unspecified atom stereocenters. The van der Waals surface area contributed by atoms with Crippen molar-refractivity contribution >= 4 is 374 Å². The standard InChI is InChI=1S/C9H14B12N2O2S.C6H11B12NO2S.C5H7B12NS.C4H8BrNO2.C4H12N.2C2H6.3BrH.H3NO.Na.H2O/c10-17(11)20(21(18(12)13)19(14)15)16-6-8(16)26(4-1-3-22)5-2-7(23)9(24)25;7-14(8)17(18(15(9)10)16(11)12)13-3-5(13)22-2-1-4(19)6(20)21;6-13(7)16(17(14(8)9)15(10)11)12-4-5(12)19-3-1-2-18;5-2-1-3(6)4(7)8;1-5(2,3)4;2*1-2;;;;1-2;;/h7-8H,1-2,4-6,23H2;4-5H,1-3,19H2,(H,20,21);5H,1,3-4H2;3H,1-2,6H2,(H,7,8);1-4H3;2*1-2H3;3*1H;2H,1H2;;1H2/q;;;;+1;;;;;;;+1;/t7-,8?,26?;4-,5?;;3-;;;;;;;;;/m00.0........./s1. The summed E-state index contributed by atoms with van der Waals surface area (Å²) >= 11 is 6.50. The fourth-order valence-electron chi connectivity index (χ4n) is 9.29. The van der Waals surface area contributed by atoms with Gasteiger partial charge in [-0.15, -0.1) is 50.9 Å². The van der Waals surface area contributed by atoms with Crippen LogP contribution in [0.2, 0.25) is 19.0 Å². The molecule has 3 saturated heterocycles. The quantitative estimate of drug-likeness (QED) is 0.00756. The Morgan fingerprint density at radius 3 is 1.05 bits per heavy atom. The zero-order chi connectivity index (χ0) is 68.7. The number of alkyl halides is 1. The molecule has 3 heterocycles. The van der Waals surface area contributed by atoms with E-state index in [1.54, 1.807) is 23.5 Å². The first-order valence-corrected chi connectivity index (χ1v) is 33.5. The van der Waals surface area contributed by atoms with E-state index in [4.69, 9.17) is 188 Å². The number of nitrogens with zero attached hydrogens (tertiary/aromatic N) is 3. The second kappa shape index (κ2) is 65.4. The van der Waals surface area contributed by atoms with Crippen molar-refractivity contribution in [3.8, 4) is 12.1 Å². The fraction of sp³-hybridized carbons (Fsp3) is 0.844. The Kier molecular flexibility index (Phi) is 83.2. The molecule has 0 aromatic rings. The number of carboxylic acid groups (broad SMARTS) is 3. The average molecular weight is 1510 g/mol. The number of hydrogen-bond acceptors (Lipinski definition) is 13. The molecule has 0 amide bonds. The van der Waals surface area contributed by atoms with Gasteiger partial charge in [-0.05, 0) is 46.1 Å². The average Bonchev–Trinajstić information content (AvgIpc) is 1.67. The van der Waals surface area contributed by atoms with Gasteiger partial charge in [0.1, 0.15) is 42.8 Å². The Bertz CT molecular complexity index is 1860. The van der Waals surface area contributed by atoms with Gasteiger partial charge in [-0.3, -0.25) is 14.4 Å². The zero-order valence-electron chi connectivity index (χ0n) is 54.9. The van der Waals surface area contributed by atoms with E-state index < -0.39 is 99.9 Å². The molecule has 0 bridgehead atoms. The summed E-state index contributed by atoms with van der Waals surface area (Å²) in [4.78, 5) is 31.6. The van der Waals surface area contributed by atoms with Crippen LogP contribution < -0.4 is 52.7 Å². The van der Waals surface area contributed by atoms with E-state index in [0.29, 0.717) is 71.6 Å². The maximum Gasteiger partial charge on any atom is 1.00 e. The molecule has 3 rings (SSSR count). The van der Waals surface area contributed by atoms with Gasteiger partial charge in [0.25, 0.3) is 0 Å². The number of nitriles is 2. The van der Waals surface area contributed by atoms with Crippen molar-refractivity contribution in [3.63, 3.8) is 0 Å². The van der Waals surface area contributed by atoms with Crippen LogP contribution in [0.5, 0.6) is 0 Å². The van der Waals surface area contributed by atoms with Crippen molar-refractivity contribution in [3.05, 3.63) is 0 Å². The van der Waals surface area contributed by atoms with Crippen LogP contribution in [0.4, 0.5) is 0 Å². The van der Waals surface area contributed by atoms with Gasteiger partial charge in [-0.25, -0.2) is 5.90 Å². The third-order valence-electron chi connectivity index (χ3n) is 13.4. The fourth-order valence-corrected chi connectivity index (χ4v) is 15.5. The molecule has 436 valence electrons. The van der Waals surface area contributed by atoms with Crippen molar-refractivity contribution in [2.45, 2.75) is 112 Å². The number of carboxylic acids is 3. The molecular formula is C32H72B36Br4N7NaO8S3+2. The summed E-state index contributed by atoms with van der Waals surface area (Å²) in [6.45, 7) is 8.73. The Hall–Kier alpha value is 3.42. The molecule has 15 nitrogen and oxygen atoms in total. The maximum absolute atomic E-state index is 10.9. The number of thioether (sulfide) groups is 2. The first-order chi connectivity index (χ1) is 39.9. The van der Waals surface area contributed by atoms with E-state index in [9.17, 15) is 14.4 Å². The SMILES string of the molecule is Br.Br.Br.CC.CC.C[N+](C)(C)C.NO.N[C@@H](CCBr)C(=O)O.[B]B([B])B(B([B])[B])B(B([B])[B])B1CC1SCCC#N.[B]B([B])B(B([B])[B])B(B([B])[B])B1CC1SCC[C@H](N)C(=O)O.[B]B([B])B(B([B])[B])B(B([B])[B])B1CC1[S+](CCC#N)CC[C@H](N)C(=O)O.[Na+].[OH-]. The van der Waals surface area contributed by atoms with E-state index in [-0.39, 0.29) is 147 Å². The molecule has 36 radical (unpaired) electrons. The number of quaternary nitrogens is 1. The summed E-state index contributed by atoms with van der Waals surface area (Å²) < 4.78 is 1.00. The molecule has 13 N–H and O–H groups in total. The molecule has 59 heteroatoms. The number of rotatable bonds is 33. The van der Waals surface area contributed by atoms with E-state index in [1.807, 2.05) is 27.7 Å². The van der Waals surface area contributed by atoms with Crippen LogP contribution in [-0.2, 0) is 25.3 Å². The van der Waals surface area contributed by atoms with E-state index in [0.717, 1.165) is 29.2 Å². The molecule has 91 heavy (non-hydrogen) atoms. The molecule has 7 atom stereocenters. The molecular weight excluding hydrogens is 1440 g/mol. The minimum absolute atomic E-state index is 0. The van der Waals surface area contributed by atoms with E-state index >= 15 is 0 Å². The Morgan fingerprint density at radius 1 is 0.527 bits per heavy atom. The molecule has 0 spiro atoms. The van der Waals surface area contributed by atoms with E-state index in [1.165, 1.54) is 0 Å². The third kappa shape index (κ3) is 53.8. The predicted molar refractivity (Wildman–Crippen MR) is 455 cm³/mol. The summed E-state index contributed by atoms with van der Waals surface area (Å²) in [5.41, 5.74) is 16.2. The summed E-state index contributed by atoms with van der Waals surface area (Å²) in [5.74, 6) is 3.38. The van der Waals surface area contributed by atoms with Crippen LogP contribution >= 0.6 is 90.4 Å². The molecule has 0 aliphatic carbocycles. The number of halogens is 4. The second-order valence-corrected chi connectivity index (χ2v) is 28.0. The number of nitrogens with two attached hydrogens (primary N) is 4. The zero-order valence-corrected chi connectivity index (χ0v) is 66.1. The summed E-state index contributed by atoms with van der Waals surface area (Å²) in [5, 5.41) is 51.5. The molecule has 3 aliphatic rings. The molecule has 3 aliphatic heterocycles. The van der Waals surface area contributed by atoms with Crippen LogP contribution in [0.1, 0.15) is 59.8 Å². The molecule has 0 aromatic heterocycles. The van der Waals surface area contributed by atoms with Crippen LogP contribution in [0, 0.1) is 22.7 Å². The first kappa shape index (κ1) is 116. The van der Waals surface area contributed by atoms with Gasteiger partial charge in [0.2, 0.25) is 0 Å². The van der Waals surface area contributed by atoms with Crippen molar-refractivity contribution in [2.75, 3.05) is 56.5 Å². The van der Waals surface area contributed by atoms with Crippen LogP contribution in [0.3, 0.4) is 0 Å². The Balaban J connectivity index is -0.000000116. The van der Waals surface area contributed by atoms with Crippen LogP contribution in [-0.4, -0.2) is 393 Å². The number of carbonyl (C=O) groups is 3. The first-order valence-electron chi connectivity index (χ1n) is 28.7. The summed E-state index contributed by atoms with van der Waals surface area (Å²) in [7, 11) is 113. The van der Waals surface area contributed by atoms with Crippen molar-refractivity contribution in [1.29, 1.82) is 10.5 Å². The summed E-state index contributed by atoms with van der Waals surface area (Å²) in [6, 6.07) is 1.82. The van der Waals surface area contributed by atoms with Crippen LogP contribution in [0.25, 0.3) is 0 Å². The molecule has 3 fully saturated rings. The van der Waals surface area contributed by atoms with E-state index in [2.05, 4.69) is 62.2 Å². The van der Waals surface area contributed by atoms with Crippen molar-refractivity contribution in [2.24, 2.45) is 23.1 Å². The third-order valence-corrected chi connectivity index (χ3v) is 19.6. The van der Waals surface area contributed by atoms with Gasteiger partial charge in [0, 0.05) is 259 Å². The monoisotopic (exact) mass is 1510 g/mol. The smallest absolute Gasteiger partial charge is 0.870 e. The Labute approximate surface area is 655 Å². The van der Waals surface area contributed by atoms with Crippen molar-refractivity contribution in [1.82, 2.24) is 0 Å². The van der Waals surface area contributed by atoms with Crippen LogP contribution in [0.15, 0.2) is 0 Å². The minimum atomic E-state index is -1.02. The molecule has 0 aromatic carbocycles. The predicted octanol–water partition coefficient (Wildman–Crippen LogP) is -11.3. The number of hydrogen-bond donors (Lipinski definition) is 8. The largest absolute Gasteiger partial charge is 1.00 e. The summed E-state index contributed by atoms with van der Waals surface area (Å²) in [6.07, 6.45) is -2.51. The van der Waals surface area contributed by atoms with Gasteiger partial charge < -0.3 is 47.7 Å². The maximum atomic E-state index is 10.9. The topological polar surface area (TPSA) is 314 Å². The molecule has 0 saturated carbocycles. The van der Waals surface area contributed by atoms with Crippen molar-refractivity contribution < 1.29 is 74.4 Å². The normalized spacial score (nSPS) is 14.7. The van der Waals surface area contributed by atoms with Gasteiger partial charge in [0.15, 0.2) is 6.60 Å². The van der Waals surface area contributed by atoms with Gasteiger partial charge in [-0.2, -0.15) is 34.0 Å². The van der Waals surface area contributed by atoms with Gasteiger partial charge in [0.05, 0.1) is 51.9 Å².